The van der Waals surface area contributed by atoms with Gasteiger partial charge in [-0.1, -0.05) is 25.4 Å². The lowest BCUT2D eigenvalue weighted by molar-refractivity contribution is 0.153. The minimum atomic E-state index is -3.65. The van der Waals surface area contributed by atoms with E-state index in [-0.39, 0.29) is 27.4 Å². The predicted molar refractivity (Wildman–Crippen MR) is 81.6 cm³/mol. The maximum atomic E-state index is 12.2. The number of nitriles is 1. The number of ether oxygens (including phenoxy) is 1. The molecule has 0 fully saturated rings. The fourth-order valence-electron chi connectivity index (χ4n) is 1.59. The van der Waals surface area contributed by atoms with Gasteiger partial charge in [-0.25, -0.2) is 13.1 Å². The van der Waals surface area contributed by atoms with Crippen LogP contribution in [0.15, 0.2) is 23.1 Å². The normalized spacial score (nSPS) is 12.1. The van der Waals surface area contributed by atoms with Gasteiger partial charge in [0.05, 0.1) is 15.5 Å². The van der Waals surface area contributed by atoms with Crippen molar-refractivity contribution in [1.82, 2.24) is 4.72 Å². The standard InChI is InChI=1S/C14H19ClN2O3S/c1-14(2,6-7-20-3)10-17-21(18,19)12-5-4-11(9-16)13(15)8-12/h4-5,8,17H,6-7,10H2,1-3H3. The van der Waals surface area contributed by atoms with E-state index in [1.54, 1.807) is 7.11 Å². The van der Waals surface area contributed by atoms with E-state index in [4.69, 9.17) is 21.6 Å². The van der Waals surface area contributed by atoms with Crippen molar-refractivity contribution in [2.75, 3.05) is 20.3 Å². The van der Waals surface area contributed by atoms with Gasteiger partial charge >= 0.3 is 0 Å². The maximum Gasteiger partial charge on any atom is 0.240 e. The van der Waals surface area contributed by atoms with Gasteiger partial charge in [0.25, 0.3) is 0 Å². The van der Waals surface area contributed by atoms with Crippen molar-refractivity contribution in [2.24, 2.45) is 5.41 Å². The Bertz CT molecular complexity index is 636. The lowest BCUT2D eigenvalue weighted by atomic mass is 9.90. The van der Waals surface area contributed by atoms with Crippen molar-refractivity contribution in [1.29, 1.82) is 5.26 Å². The molecule has 0 spiro atoms. The molecule has 116 valence electrons. The topological polar surface area (TPSA) is 79.2 Å². The van der Waals surface area contributed by atoms with Crippen LogP contribution in [0.4, 0.5) is 0 Å². The van der Waals surface area contributed by atoms with Gasteiger partial charge < -0.3 is 4.74 Å². The summed E-state index contributed by atoms with van der Waals surface area (Å²) < 4.78 is 32.0. The Hall–Kier alpha value is -1.13. The molecule has 7 heteroatoms. The molecule has 0 aliphatic carbocycles. The van der Waals surface area contributed by atoms with Gasteiger partial charge in [-0.2, -0.15) is 5.26 Å². The van der Waals surface area contributed by atoms with Crippen molar-refractivity contribution in [3.8, 4) is 6.07 Å². The highest BCUT2D eigenvalue weighted by molar-refractivity contribution is 7.89. The maximum absolute atomic E-state index is 12.2. The monoisotopic (exact) mass is 330 g/mol. The summed E-state index contributed by atoms with van der Waals surface area (Å²) in [6.45, 7) is 4.77. The molecule has 0 heterocycles. The zero-order valence-corrected chi connectivity index (χ0v) is 13.9. The molecule has 0 unspecified atom stereocenters. The van der Waals surface area contributed by atoms with Crippen LogP contribution in [0.3, 0.4) is 0 Å². The van der Waals surface area contributed by atoms with Gasteiger partial charge in [0.15, 0.2) is 0 Å². The van der Waals surface area contributed by atoms with E-state index in [2.05, 4.69) is 4.72 Å². The first kappa shape index (κ1) is 17.9. The largest absolute Gasteiger partial charge is 0.385 e. The molecule has 5 nitrogen and oxygen atoms in total. The molecule has 0 saturated heterocycles. The van der Waals surface area contributed by atoms with Crippen LogP contribution in [0.1, 0.15) is 25.8 Å². The number of sulfonamides is 1. The third kappa shape index (κ3) is 5.29. The van der Waals surface area contributed by atoms with E-state index in [0.29, 0.717) is 6.61 Å². The zero-order chi connectivity index (χ0) is 16.1. The molecule has 21 heavy (non-hydrogen) atoms. The summed E-state index contributed by atoms with van der Waals surface area (Å²) in [6, 6.07) is 5.94. The minimum absolute atomic E-state index is 0.0500. The van der Waals surface area contributed by atoms with E-state index in [0.717, 1.165) is 6.42 Å². The summed E-state index contributed by atoms with van der Waals surface area (Å²) in [5, 5.41) is 8.92. The lowest BCUT2D eigenvalue weighted by Gasteiger charge is -2.24. The van der Waals surface area contributed by atoms with Crippen LogP contribution >= 0.6 is 11.6 Å². The lowest BCUT2D eigenvalue weighted by Crippen LogP contribution is -2.34. The van der Waals surface area contributed by atoms with Crippen molar-refractivity contribution in [3.05, 3.63) is 28.8 Å². The molecule has 0 aliphatic rings. The van der Waals surface area contributed by atoms with Crippen molar-refractivity contribution >= 4 is 21.6 Å². The number of methoxy groups -OCH3 is 1. The van der Waals surface area contributed by atoms with Crippen LogP contribution in [-0.4, -0.2) is 28.7 Å². The zero-order valence-electron chi connectivity index (χ0n) is 12.3. The van der Waals surface area contributed by atoms with E-state index in [9.17, 15) is 8.42 Å². The van der Waals surface area contributed by atoms with Crippen LogP contribution in [0, 0.1) is 16.7 Å². The van der Waals surface area contributed by atoms with Gasteiger partial charge in [-0.3, -0.25) is 0 Å². The highest BCUT2D eigenvalue weighted by Crippen LogP contribution is 2.22. The first-order valence-electron chi connectivity index (χ1n) is 6.40. The molecule has 1 aromatic rings. The molecular formula is C14H19ClN2O3S. The smallest absolute Gasteiger partial charge is 0.240 e. The predicted octanol–water partition coefficient (Wildman–Crippen LogP) is 2.55. The molecule has 1 rings (SSSR count). The first-order valence-corrected chi connectivity index (χ1v) is 8.26. The average Bonchev–Trinajstić information content (AvgIpc) is 2.43. The number of halogens is 1. The summed E-state index contributed by atoms with van der Waals surface area (Å²) >= 11 is 5.86. The number of hydrogen-bond donors (Lipinski definition) is 1. The number of nitrogens with zero attached hydrogens (tertiary/aromatic N) is 1. The van der Waals surface area contributed by atoms with Gasteiger partial charge in [0, 0.05) is 20.3 Å². The van der Waals surface area contributed by atoms with Crippen LogP contribution in [0.2, 0.25) is 5.02 Å². The summed E-state index contributed by atoms with van der Waals surface area (Å²) in [4.78, 5) is 0.0500. The van der Waals surface area contributed by atoms with E-state index in [1.807, 2.05) is 19.9 Å². The van der Waals surface area contributed by atoms with Gasteiger partial charge in [0.1, 0.15) is 6.07 Å². The third-order valence-electron chi connectivity index (χ3n) is 3.10. The molecular weight excluding hydrogens is 312 g/mol. The Labute approximate surface area is 130 Å². The van der Waals surface area contributed by atoms with Crippen LogP contribution in [0.25, 0.3) is 0 Å². The quantitative estimate of drug-likeness (QED) is 0.833. The molecule has 0 aromatic heterocycles. The summed E-state index contributed by atoms with van der Waals surface area (Å²) in [5.74, 6) is 0. The summed E-state index contributed by atoms with van der Waals surface area (Å²) in [6.07, 6.45) is 0.736. The Morgan fingerprint density at radius 1 is 1.43 bits per heavy atom. The molecule has 0 saturated carbocycles. The molecule has 1 N–H and O–H groups in total. The molecule has 0 atom stereocenters. The summed E-state index contributed by atoms with van der Waals surface area (Å²) in [7, 11) is -2.04. The Balaban J connectivity index is 2.83. The Morgan fingerprint density at radius 3 is 2.62 bits per heavy atom. The highest BCUT2D eigenvalue weighted by atomic mass is 35.5. The third-order valence-corrected chi connectivity index (χ3v) is 4.81. The van der Waals surface area contributed by atoms with Crippen molar-refractivity contribution in [3.63, 3.8) is 0 Å². The molecule has 0 aliphatic heterocycles. The van der Waals surface area contributed by atoms with E-state index < -0.39 is 10.0 Å². The fourth-order valence-corrected chi connectivity index (χ4v) is 3.15. The second kappa shape index (κ2) is 7.23. The number of benzene rings is 1. The highest BCUT2D eigenvalue weighted by Gasteiger charge is 2.22. The van der Waals surface area contributed by atoms with Gasteiger partial charge in [-0.15, -0.1) is 0 Å². The Morgan fingerprint density at radius 2 is 2.10 bits per heavy atom. The molecule has 0 bridgehead atoms. The van der Waals surface area contributed by atoms with Gasteiger partial charge in [-0.05, 0) is 30.0 Å². The van der Waals surface area contributed by atoms with Crippen LogP contribution in [-0.2, 0) is 14.8 Å². The molecule has 0 radical (unpaired) electrons. The number of rotatable bonds is 7. The average molecular weight is 331 g/mol. The first-order chi connectivity index (χ1) is 9.72. The van der Waals surface area contributed by atoms with Crippen LogP contribution < -0.4 is 4.72 Å². The molecule has 1 aromatic carbocycles. The van der Waals surface area contributed by atoms with Crippen molar-refractivity contribution in [2.45, 2.75) is 25.2 Å². The second-order valence-electron chi connectivity index (χ2n) is 5.49. The van der Waals surface area contributed by atoms with E-state index in [1.165, 1.54) is 18.2 Å². The SMILES string of the molecule is COCCC(C)(C)CNS(=O)(=O)c1ccc(C#N)c(Cl)c1. The fraction of sp³-hybridized carbons (Fsp3) is 0.500. The second-order valence-corrected chi connectivity index (χ2v) is 7.66. The minimum Gasteiger partial charge on any atom is -0.385 e. The molecule has 0 amide bonds. The van der Waals surface area contributed by atoms with E-state index >= 15 is 0 Å². The Kier molecular flexibility index (Phi) is 6.17. The van der Waals surface area contributed by atoms with Gasteiger partial charge in [0.2, 0.25) is 10.0 Å². The van der Waals surface area contributed by atoms with Crippen molar-refractivity contribution < 1.29 is 13.2 Å². The number of nitrogens with one attached hydrogen (secondary N) is 1. The van der Waals surface area contributed by atoms with Crippen LogP contribution in [0.5, 0.6) is 0 Å². The summed E-state index contributed by atoms with van der Waals surface area (Å²) in [5.41, 5.74) is 0.0236. The number of hydrogen-bond acceptors (Lipinski definition) is 4.